The van der Waals surface area contributed by atoms with Gasteiger partial charge in [-0.1, -0.05) is 117 Å². The monoisotopic (exact) mass is 711 g/mol. The Labute approximate surface area is 312 Å². The summed E-state index contributed by atoms with van der Waals surface area (Å²) in [5.74, 6) is 0.807. The molecule has 0 atom stereocenters. The van der Waals surface area contributed by atoms with Crippen LogP contribution in [0.2, 0.25) is 0 Å². The second-order valence-corrected chi connectivity index (χ2v) is 16.1. The van der Waals surface area contributed by atoms with E-state index in [1.54, 1.807) is 22.7 Å². The molecule has 4 heterocycles. The lowest BCUT2D eigenvalue weighted by Gasteiger charge is -2.26. The molecule has 0 N–H and O–H groups in total. The van der Waals surface area contributed by atoms with Crippen molar-refractivity contribution < 1.29 is 4.74 Å². The van der Waals surface area contributed by atoms with E-state index < -0.39 is 0 Å². The van der Waals surface area contributed by atoms with Crippen molar-refractivity contribution in [1.29, 1.82) is 0 Å². The van der Waals surface area contributed by atoms with Crippen LogP contribution < -0.4 is 14.5 Å². The zero-order chi connectivity index (χ0) is 35.2. The molecule has 0 unspecified atom stereocenters. The van der Waals surface area contributed by atoms with E-state index in [0.29, 0.717) is 6.67 Å². The highest BCUT2D eigenvalue weighted by atomic mass is 32.1. The molecule has 8 aromatic rings. The van der Waals surface area contributed by atoms with E-state index in [1.807, 2.05) is 12.3 Å². The van der Waals surface area contributed by atoms with E-state index in [0.717, 1.165) is 22.2 Å². The zero-order valence-electron chi connectivity index (χ0n) is 29.3. The van der Waals surface area contributed by atoms with Crippen LogP contribution in [0.4, 0.5) is 11.4 Å². The highest BCUT2D eigenvalue weighted by Gasteiger charge is 2.23. The first kappa shape index (κ1) is 32.2. The third-order valence-electron chi connectivity index (χ3n) is 9.71. The van der Waals surface area contributed by atoms with Crippen molar-refractivity contribution >= 4 is 54.2 Å². The number of rotatable bonds is 7. The Morgan fingerprint density at radius 1 is 0.654 bits per heavy atom. The summed E-state index contributed by atoms with van der Waals surface area (Å²) in [4.78, 5) is 9.50. The molecule has 254 valence electrons. The smallest absolute Gasteiger partial charge is 0.182 e. The molecule has 3 aromatic heterocycles. The first-order chi connectivity index (χ1) is 25.4. The lowest BCUT2D eigenvalue weighted by atomic mass is 9.86. The van der Waals surface area contributed by atoms with Crippen LogP contribution in [-0.2, 0) is 5.41 Å². The minimum absolute atomic E-state index is 0.0320. The maximum atomic E-state index is 6.64. The number of fused-ring (bicyclic) bond motifs is 2. The summed E-state index contributed by atoms with van der Waals surface area (Å²) in [6.07, 6.45) is 6.29. The average molecular weight is 712 g/mol. The van der Waals surface area contributed by atoms with Crippen molar-refractivity contribution in [1.82, 2.24) is 4.98 Å². The van der Waals surface area contributed by atoms with Crippen molar-refractivity contribution in [3.63, 3.8) is 0 Å². The molecule has 5 aromatic carbocycles. The molecule has 1 aliphatic heterocycles. The van der Waals surface area contributed by atoms with Crippen LogP contribution in [0.5, 0.6) is 10.8 Å². The molecule has 0 bridgehead atoms. The number of anilines is 2. The minimum Gasteiger partial charge on any atom is -0.447 e. The van der Waals surface area contributed by atoms with Crippen LogP contribution in [-0.4, -0.2) is 11.7 Å². The van der Waals surface area contributed by atoms with Crippen molar-refractivity contribution in [3.8, 4) is 44.3 Å². The molecule has 0 aliphatic carbocycles. The quantitative estimate of drug-likeness (QED) is 0.165. The van der Waals surface area contributed by atoms with Gasteiger partial charge in [0, 0.05) is 73.3 Å². The second-order valence-electron chi connectivity index (χ2n) is 14.2. The van der Waals surface area contributed by atoms with Gasteiger partial charge in [-0.2, -0.15) is 0 Å². The molecule has 0 spiro atoms. The fourth-order valence-electron chi connectivity index (χ4n) is 7.08. The van der Waals surface area contributed by atoms with E-state index >= 15 is 0 Å². The fraction of sp³-hybridized carbons (Fsp3) is 0.109. The summed E-state index contributed by atoms with van der Waals surface area (Å²) in [5.41, 5.74) is 10.5. The second kappa shape index (κ2) is 13.1. The normalized spacial score (nSPS) is 13.1. The molecule has 6 heteroatoms. The van der Waals surface area contributed by atoms with E-state index in [2.05, 4.69) is 176 Å². The summed E-state index contributed by atoms with van der Waals surface area (Å²) in [7, 11) is 0. The largest absolute Gasteiger partial charge is 0.447 e. The van der Waals surface area contributed by atoms with Gasteiger partial charge >= 0.3 is 0 Å². The standard InChI is InChI=1S/C46H37N3OS2/c1-46(2,3)33-20-22-47-40(26-33)44-38-21-25-51-41(38)29-42-39(44)28-43(52-42)50-35-17-10-16-34(27-35)48-23-24-49(30-48)45-36(31-12-6-4-7-13-31)18-11-19-37(45)32-14-8-5-9-15-32/h4-29H,30H2,1-3H3. The topological polar surface area (TPSA) is 28.6 Å². The number of hydrogen-bond donors (Lipinski definition) is 0. The summed E-state index contributed by atoms with van der Waals surface area (Å²) in [6.45, 7) is 7.42. The van der Waals surface area contributed by atoms with Crippen molar-refractivity contribution in [3.05, 3.63) is 163 Å². The highest BCUT2D eigenvalue weighted by molar-refractivity contribution is 7.22. The summed E-state index contributed by atoms with van der Waals surface area (Å²) < 4.78 is 9.10. The van der Waals surface area contributed by atoms with Crippen LogP contribution in [0, 0.1) is 0 Å². The van der Waals surface area contributed by atoms with Gasteiger partial charge in [0.1, 0.15) is 5.75 Å². The van der Waals surface area contributed by atoms with Crippen molar-refractivity contribution in [2.24, 2.45) is 0 Å². The Morgan fingerprint density at radius 2 is 1.37 bits per heavy atom. The third-order valence-corrected chi connectivity index (χ3v) is 11.5. The van der Waals surface area contributed by atoms with Gasteiger partial charge in [0.2, 0.25) is 0 Å². The molecule has 4 nitrogen and oxygen atoms in total. The van der Waals surface area contributed by atoms with E-state index in [9.17, 15) is 0 Å². The van der Waals surface area contributed by atoms with Crippen molar-refractivity contribution in [2.75, 3.05) is 16.5 Å². The number of ether oxygens (including phenoxy) is 1. The van der Waals surface area contributed by atoms with Gasteiger partial charge in [0.15, 0.2) is 5.06 Å². The van der Waals surface area contributed by atoms with Crippen LogP contribution in [0.15, 0.2) is 157 Å². The zero-order valence-corrected chi connectivity index (χ0v) is 30.9. The first-order valence-corrected chi connectivity index (χ1v) is 19.2. The fourth-order valence-corrected chi connectivity index (χ4v) is 8.96. The molecule has 0 radical (unpaired) electrons. The number of aromatic nitrogens is 1. The molecule has 0 amide bonds. The van der Waals surface area contributed by atoms with Crippen molar-refractivity contribution in [2.45, 2.75) is 26.2 Å². The lowest BCUT2D eigenvalue weighted by Crippen LogP contribution is -2.25. The van der Waals surface area contributed by atoms with Crippen LogP contribution in [0.25, 0.3) is 53.7 Å². The lowest BCUT2D eigenvalue weighted by molar-refractivity contribution is 0.497. The Balaban J connectivity index is 1.03. The number of nitrogens with zero attached hydrogens (tertiary/aromatic N) is 3. The van der Waals surface area contributed by atoms with E-state index in [1.165, 1.54) is 59.2 Å². The Bertz CT molecular complexity index is 2520. The highest BCUT2D eigenvalue weighted by Crippen LogP contribution is 2.46. The van der Waals surface area contributed by atoms with Gasteiger partial charge in [-0.25, -0.2) is 0 Å². The predicted molar refractivity (Wildman–Crippen MR) is 222 cm³/mol. The van der Waals surface area contributed by atoms with Crippen LogP contribution in [0.1, 0.15) is 26.3 Å². The van der Waals surface area contributed by atoms with E-state index in [4.69, 9.17) is 9.72 Å². The maximum Gasteiger partial charge on any atom is 0.182 e. The number of pyridine rings is 1. The molecular formula is C46H37N3OS2. The molecular weight excluding hydrogens is 675 g/mol. The first-order valence-electron chi connectivity index (χ1n) is 17.5. The van der Waals surface area contributed by atoms with Gasteiger partial charge in [0.05, 0.1) is 18.1 Å². The molecule has 9 rings (SSSR count). The van der Waals surface area contributed by atoms with Gasteiger partial charge < -0.3 is 14.5 Å². The van der Waals surface area contributed by atoms with Crippen LogP contribution >= 0.6 is 22.7 Å². The molecule has 0 saturated heterocycles. The summed E-state index contributed by atoms with van der Waals surface area (Å²) in [6, 6.07) is 47.4. The number of thiophene rings is 2. The van der Waals surface area contributed by atoms with Gasteiger partial charge in [-0.05, 0) is 63.9 Å². The summed E-state index contributed by atoms with van der Waals surface area (Å²) >= 11 is 3.45. The SMILES string of the molecule is CC(C)(C)c1ccnc(-c2c3ccsc3cc3sc(Oc4cccc(N5C=CN(c6c(-c7ccccc7)cccc6-c6ccccc6)C5)c4)cc23)c1. The predicted octanol–water partition coefficient (Wildman–Crippen LogP) is 13.4. The summed E-state index contributed by atoms with van der Waals surface area (Å²) in [5, 5.41) is 5.44. The molecule has 0 fully saturated rings. The number of benzene rings is 5. The number of para-hydroxylation sites is 1. The number of hydrogen-bond acceptors (Lipinski definition) is 6. The Kier molecular flexibility index (Phi) is 8.14. The third kappa shape index (κ3) is 6.04. The van der Waals surface area contributed by atoms with Crippen LogP contribution in [0.3, 0.4) is 0 Å². The van der Waals surface area contributed by atoms with E-state index in [-0.39, 0.29) is 5.41 Å². The maximum absolute atomic E-state index is 6.64. The minimum atomic E-state index is 0.0320. The Hall–Kier alpha value is -5.69. The molecule has 52 heavy (non-hydrogen) atoms. The Morgan fingerprint density at radius 3 is 2.10 bits per heavy atom. The molecule has 1 aliphatic rings. The van der Waals surface area contributed by atoms with Gasteiger partial charge in [-0.3, -0.25) is 4.98 Å². The van der Waals surface area contributed by atoms with Gasteiger partial charge in [-0.15, -0.1) is 11.3 Å². The average Bonchev–Trinajstić information content (AvgIpc) is 3.94. The molecule has 0 saturated carbocycles. The van der Waals surface area contributed by atoms with Gasteiger partial charge in [0.25, 0.3) is 0 Å².